The first kappa shape index (κ1) is 14.3. The number of ether oxygens (including phenoxy) is 2. The van der Waals surface area contributed by atoms with Gasteiger partial charge in [0.2, 0.25) is 0 Å². The van der Waals surface area contributed by atoms with E-state index in [1.807, 2.05) is 30.3 Å². The Bertz CT molecular complexity index is 339. The highest BCUT2D eigenvalue weighted by molar-refractivity contribution is 5.20. The van der Waals surface area contributed by atoms with Crippen molar-refractivity contribution in [1.82, 2.24) is 10.2 Å². The fraction of sp³-hybridized carbons (Fsp3) is 0.600. The molecule has 4 nitrogen and oxygen atoms in total. The van der Waals surface area contributed by atoms with Gasteiger partial charge in [0.25, 0.3) is 0 Å². The summed E-state index contributed by atoms with van der Waals surface area (Å²) in [5, 5.41) is 3.35. The molecule has 0 radical (unpaired) electrons. The van der Waals surface area contributed by atoms with E-state index in [2.05, 4.69) is 17.3 Å². The molecule has 1 aliphatic rings. The molecule has 1 atom stereocenters. The third-order valence-corrected chi connectivity index (χ3v) is 3.22. The van der Waals surface area contributed by atoms with Crippen molar-refractivity contribution in [2.24, 2.45) is 0 Å². The van der Waals surface area contributed by atoms with Crippen molar-refractivity contribution in [3.8, 4) is 5.75 Å². The second-order valence-electron chi connectivity index (χ2n) is 4.97. The van der Waals surface area contributed by atoms with E-state index in [1.54, 1.807) is 0 Å². The molecule has 0 saturated carbocycles. The summed E-state index contributed by atoms with van der Waals surface area (Å²) in [5.41, 5.74) is 0. The molecule has 1 fully saturated rings. The SMILES string of the molecule is CN(CCCOc1ccccc1)CC1CNCCO1. The molecule has 4 heteroatoms. The topological polar surface area (TPSA) is 33.7 Å². The molecular formula is C15H24N2O2. The number of nitrogens with one attached hydrogen (secondary N) is 1. The number of hydrogen-bond acceptors (Lipinski definition) is 4. The van der Waals surface area contributed by atoms with Gasteiger partial charge >= 0.3 is 0 Å². The van der Waals surface area contributed by atoms with Crippen molar-refractivity contribution < 1.29 is 9.47 Å². The predicted octanol–water partition coefficient (Wildman–Crippen LogP) is 1.38. The van der Waals surface area contributed by atoms with Crippen molar-refractivity contribution in [3.63, 3.8) is 0 Å². The molecule has 1 saturated heterocycles. The van der Waals surface area contributed by atoms with Gasteiger partial charge in [-0.25, -0.2) is 0 Å². The highest BCUT2D eigenvalue weighted by Crippen LogP contribution is 2.08. The van der Waals surface area contributed by atoms with Gasteiger partial charge in [-0.1, -0.05) is 18.2 Å². The summed E-state index contributed by atoms with van der Waals surface area (Å²) in [6.07, 6.45) is 1.36. The summed E-state index contributed by atoms with van der Waals surface area (Å²) in [5.74, 6) is 0.949. The Morgan fingerprint density at radius 2 is 2.21 bits per heavy atom. The molecule has 1 unspecified atom stereocenters. The Labute approximate surface area is 115 Å². The molecular weight excluding hydrogens is 240 g/mol. The first-order chi connectivity index (χ1) is 9.34. The summed E-state index contributed by atoms with van der Waals surface area (Å²) < 4.78 is 11.4. The van der Waals surface area contributed by atoms with E-state index in [4.69, 9.17) is 9.47 Å². The predicted molar refractivity (Wildman–Crippen MR) is 76.7 cm³/mol. The molecule has 0 aromatic heterocycles. The summed E-state index contributed by atoms with van der Waals surface area (Å²) in [6, 6.07) is 9.97. The zero-order valence-corrected chi connectivity index (χ0v) is 11.7. The minimum atomic E-state index is 0.328. The van der Waals surface area contributed by atoms with E-state index in [1.165, 1.54) is 0 Å². The molecule has 2 rings (SSSR count). The first-order valence-electron chi connectivity index (χ1n) is 7.03. The number of morpholine rings is 1. The van der Waals surface area contributed by atoms with Crippen LogP contribution in [0.25, 0.3) is 0 Å². The van der Waals surface area contributed by atoms with Gasteiger partial charge in [-0.05, 0) is 25.6 Å². The quantitative estimate of drug-likeness (QED) is 0.754. The van der Waals surface area contributed by atoms with Gasteiger partial charge in [0.05, 0.1) is 19.3 Å². The minimum Gasteiger partial charge on any atom is -0.494 e. The Hall–Kier alpha value is -1.10. The first-order valence-corrected chi connectivity index (χ1v) is 7.03. The van der Waals surface area contributed by atoms with Crippen molar-refractivity contribution in [2.75, 3.05) is 46.4 Å². The van der Waals surface area contributed by atoms with Crippen molar-refractivity contribution in [1.29, 1.82) is 0 Å². The average Bonchev–Trinajstić information content (AvgIpc) is 2.46. The van der Waals surface area contributed by atoms with E-state index in [0.717, 1.165) is 51.6 Å². The number of hydrogen-bond donors (Lipinski definition) is 1. The van der Waals surface area contributed by atoms with Gasteiger partial charge in [-0.2, -0.15) is 0 Å². The Morgan fingerprint density at radius 1 is 1.37 bits per heavy atom. The summed E-state index contributed by atoms with van der Waals surface area (Å²) in [4.78, 5) is 2.31. The van der Waals surface area contributed by atoms with Crippen LogP contribution in [0.4, 0.5) is 0 Å². The van der Waals surface area contributed by atoms with Crippen LogP contribution in [0.2, 0.25) is 0 Å². The Morgan fingerprint density at radius 3 is 2.95 bits per heavy atom. The van der Waals surface area contributed by atoms with Gasteiger partial charge in [0, 0.05) is 26.2 Å². The van der Waals surface area contributed by atoms with Crippen LogP contribution in [0.3, 0.4) is 0 Å². The monoisotopic (exact) mass is 264 g/mol. The Balaban J connectivity index is 1.55. The summed E-state index contributed by atoms with van der Waals surface area (Å²) in [7, 11) is 2.14. The summed E-state index contributed by atoms with van der Waals surface area (Å²) in [6.45, 7) is 5.55. The number of rotatable bonds is 7. The van der Waals surface area contributed by atoms with Crippen LogP contribution in [0.1, 0.15) is 6.42 Å². The lowest BCUT2D eigenvalue weighted by atomic mass is 10.3. The lowest BCUT2D eigenvalue weighted by Gasteiger charge is -2.27. The molecule has 19 heavy (non-hydrogen) atoms. The van der Waals surface area contributed by atoms with Crippen LogP contribution < -0.4 is 10.1 Å². The van der Waals surface area contributed by atoms with E-state index >= 15 is 0 Å². The molecule has 1 aromatic carbocycles. The lowest BCUT2D eigenvalue weighted by molar-refractivity contribution is 0.00950. The molecule has 1 aromatic rings. The maximum Gasteiger partial charge on any atom is 0.119 e. The van der Waals surface area contributed by atoms with Crippen LogP contribution in [0.15, 0.2) is 30.3 Å². The highest BCUT2D eigenvalue weighted by atomic mass is 16.5. The largest absolute Gasteiger partial charge is 0.494 e. The van der Waals surface area contributed by atoms with Crippen molar-refractivity contribution in [2.45, 2.75) is 12.5 Å². The molecule has 1 aliphatic heterocycles. The van der Waals surface area contributed by atoms with Crippen molar-refractivity contribution in [3.05, 3.63) is 30.3 Å². The highest BCUT2D eigenvalue weighted by Gasteiger charge is 2.14. The molecule has 0 bridgehead atoms. The van der Waals surface area contributed by atoms with E-state index < -0.39 is 0 Å². The fourth-order valence-electron chi connectivity index (χ4n) is 2.22. The third kappa shape index (κ3) is 5.59. The van der Waals surface area contributed by atoms with E-state index in [9.17, 15) is 0 Å². The van der Waals surface area contributed by atoms with E-state index in [-0.39, 0.29) is 0 Å². The van der Waals surface area contributed by atoms with Gasteiger partial charge in [0.1, 0.15) is 5.75 Å². The molecule has 106 valence electrons. The zero-order valence-electron chi connectivity index (χ0n) is 11.7. The number of benzene rings is 1. The second kappa shape index (κ2) is 8.15. The van der Waals surface area contributed by atoms with Crippen LogP contribution >= 0.6 is 0 Å². The maximum absolute atomic E-state index is 5.69. The zero-order chi connectivity index (χ0) is 13.3. The van der Waals surface area contributed by atoms with Crippen LogP contribution in [-0.2, 0) is 4.74 Å². The fourth-order valence-corrected chi connectivity index (χ4v) is 2.22. The lowest BCUT2D eigenvalue weighted by Crippen LogP contribution is -2.44. The molecule has 0 amide bonds. The smallest absolute Gasteiger partial charge is 0.119 e. The van der Waals surface area contributed by atoms with Crippen LogP contribution in [-0.4, -0.2) is 57.4 Å². The van der Waals surface area contributed by atoms with Gasteiger partial charge in [-0.15, -0.1) is 0 Å². The molecule has 0 spiro atoms. The third-order valence-electron chi connectivity index (χ3n) is 3.22. The average molecular weight is 264 g/mol. The number of nitrogens with zero attached hydrogens (tertiary/aromatic N) is 1. The molecule has 0 aliphatic carbocycles. The van der Waals surface area contributed by atoms with Gasteiger partial charge in [0.15, 0.2) is 0 Å². The maximum atomic E-state index is 5.69. The van der Waals surface area contributed by atoms with E-state index in [0.29, 0.717) is 6.10 Å². The van der Waals surface area contributed by atoms with Crippen LogP contribution in [0, 0.1) is 0 Å². The second-order valence-corrected chi connectivity index (χ2v) is 4.97. The van der Waals surface area contributed by atoms with Gasteiger partial charge < -0.3 is 19.7 Å². The molecule has 1 N–H and O–H groups in total. The minimum absolute atomic E-state index is 0.328. The standard InChI is InChI=1S/C15H24N2O2/c1-17(13-15-12-16-8-11-19-15)9-5-10-18-14-6-3-2-4-7-14/h2-4,6-7,15-16H,5,8-13H2,1H3. The number of para-hydroxylation sites is 1. The Kier molecular flexibility index (Phi) is 6.14. The normalized spacial score (nSPS) is 19.6. The summed E-state index contributed by atoms with van der Waals surface area (Å²) >= 11 is 0. The molecule has 1 heterocycles. The van der Waals surface area contributed by atoms with Crippen molar-refractivity contribution >= 4 is 0 Å². The van der Waals surface area contributed by atoms with Gasteiger partial charge in [-0.3, -0.25) is 0 Å². The number of likely N-dealkylation sites (N-methyl/N-ethyl adjacent to an activating group) is 1. The van der Waals surface area contributed by atoms with Crippen LogP contribution in [0.5, 0.6) is 5.75 Å².